The fourth-order valence-electron chi connectivity index (χ4n) is 0.719. The number of hydrogen-bond acceptors (Lipinski definition) is 3. The molecule has 0 aromatic rings. The summed E-state index contributed by atoms with van der Waals surface area (Å²) >= 11 is 0. The molecule has 0 unspecified atom stereocenters. The monoisotopic (exact) mass is 115 g/mol. The van der Waals surface area contributed by atoms with Gasteiger partial charge in [0.25, 0.3) is 0 Å². The van der Waals surface area contributed by atoms with Gasteiger partial charge in [-0.15, -0.1) is 0 Å². The number of ether oxygens (including phenoxy) is 1. The van der Waals surface area contributed by atoms with Crippen LogP contribution in [0.5, 0.6) is 0 Å². The predicted octanol–water partition coefficient (Wildman–Crippen LogP) is 0.975. The van der Waals surface area contributed by atoms with E-state index in [1.807, 2.05) is 0 Å². The van der Waals surface area contributed by atoms with E-state index in [1.165, 1.54) is 0 Å². The summed E-state index contributed by atoms with van der Waals surface area (Å²) in [6.45, 7) is 0.708. The molecule has 3 nitrogen and oxygen atoms in total. The molecule has 0 aromatic carbocycles. The topological polar surface area (TPSA) is 41.8 Å². The minimum Gasteiger partial charge on any atom is -0.479 e. The molecule has 1 saturated heterocycles. The van der Waals surface area contributed by atoms with E-state index in [9.17, 15) is 0 Å². The molecule has 1 N–H and O–H groups in total. The molecule has 0 bridgehead atoms. The van der Waals surface area contributed by atoms with Crippen LogP contribution in [0.4, 0.5) is 0 Å². The summed E-state index contributed by atoms with van der Waals surface area (Å²) in [5.74, 6) is 0.483. The highest BCUT2D eigenvalue weighted by molar-refractivity contribution is 5.75. The van der Waals surface area contributed by atoms with Crippen molar-refractivity contribution in [3.8, 4) is 0 Å². The maximum absolute atomic E-state index is 8.15. The highest BCUT2D eigenvalue weighted by Crippen LogP contribution is 2.06. The van der Waals surface area contributed by atoms with Crippen molar-refractivity contribution >= 4 is 5.90 Å². The normalized spacial score (nSPS) is 25.2. The Morgan fingerprint density at radius 1 is 1.50 bits per heavy atom. The van der Waals surface area contributed by atoms with Crippen molar-refractivity contribution < 1.29 is 9.94 Å². The van der Waals surface area contributed by atoms with Gasteiger partial charge in [0.05, 0.1) is 6.61 Å². The van der Waals surface area contributed by atoms with E-state index in [-0.39, 0.29) is 0 Å². The van der Waals surface area contributed by atoms with E-state index in [2.05, 4.69) is 5.16 Å². The third-order valence-electron chi connectivity index (χ3n) is 1.17. The molecular weight excluding hydrogens is 106 g/mol. The Labute approximate surface area is 48.0 Å². The Kier molecular flexibility index (Phi) is 1.72. The summed E-state index contributed by atoms with van der Waals surface area (Å²) in [7, 11) is 0. The molecule has 0 saturated carbocycles. The van der Waals surface area contributed by atoms with Crippen LogP contribution in [0, 0.1) is 0 Å². The molecule has 0 radical (unpaired) electrons. The average Bonchev–Trinajstić information content (AvgIpc) is 1.90. The smallest absolute Gasteiger partial charge is 0.225 e. The first kappa shape index (κ1) is 5.41. The predicted molar refractivity (Wildman–Crippen MR) is 29.0 cm³/mol. The van der Waals surface area contributed by atoms with Crippen molar-refractivity contribution in [1.29, 1.82) is 0 Å². The van der Waals surface area contributed by atoms with Crippen LogP contribution < -0.4 is 0 Å². The zero-order chi connectivity index (χ0) is 5.82. The first-order valence-electron chi connectivity index (χ1n) is 2.77. The lowest BCUT2D eigenvalue weighted by Crippen LogP contribution is -2.11. The summed E-state index contributed by atoms with van der Waals surface area (Å²) in [6, 6.07) is 0. The molecule has 0 spiro atoms. The second kappa shape index (κ2) is 2.55. The molecule has 1 aliphatic heterocycles. The standard InChI is InChI=1S/C5H9NO2/c7-6-5-3-1-2-4-8-5/h7H,1-4H2. The van der Waals surface area contributed by atoms with E-state index in [1.54, 1.807) is 0 Å². The lowest BCUT2D eigenvalue weighted by atomic mass is 10.2. The lowest BCUT2D eigenvalue weighted by Gasteiger charge is -2.11. The molecule has 0 aliphatic carbocycles. The Morgan fingerprint density at radius 2 is 2.38 bits per heavy atom. The van der Waals surface area contributed by atoms with Gasteiger partial charge in [0.1, 0.15) is 0 Å². The summed E-state index contributed by atoms with van der Waals surface area (Å²) < 4.78 is 4.93. The number of nitrogens with zero attached hydrogens (tertiary/aromatic N) is 1. The molecule has 1 aliphatic rings. The largest absolute Gasteiger partial charge is 0.479 e. The van der Waals surface area contributed by atoms with Gasteiger partial charge >= 0.3 is 0 Å². The fourth-order valence-corrected chi connectivity index (χ4v) is 0.719. The first-order valence-corrected chi connectivity index (χ1v) is 2.77. The van der Waals surface area contributed by atoms with E-state index < -0.39 is 0 Å². The fraction of sp³-hybridized carbons (Fsp3) is 0.800. The van der Waals surface area contributed by atoms with E-state index in [0.717, 1.165) is 19.3 Å². The van der Waals surface area contributed by atoms with Crippen LogP contribution in [-0.4, -0.2) is 17.7 Å². The van der Waals surface area contributed by atoms with Gasteiger partial charge in [-0.1, -0.05) is 5.16 Å². The molecule has 3 heteroatoms. The zero-order valence-electron chi connectivity index (χ0n) is 4.63. The number of rotatable bonds is 0. The lowest BCUT2D eigenvalue weighted by molar-refractivity contribution is 0.224. The molecule has 0 aromatic heterocycles. The van der Waals surface area contributed by atoms with E-state index in [0.29, 0.717) is 12.5 Å². The molecule has 46 valence electrons. The Morgan fingerprint density at radius 3 is 2.75 bits per heavy atom. The van der Waals surface area contributed by atoms with Crippen molar-refractivity contribution in [3.63, 3.8) is 0 Å². The summed E-state index contributed by atoms with van der Waals surface area (Å²) in [4.78, 5) is 0. The van der Waals surface area contributed by atoms with Crippen LogP contribution >= 0.6 is 0 Å². The zero-order valence-corrected chi connectivity index (χ0v) is 4.63. The third kappa shape index (κ3) is 1.12. The van der Waals surface area contributed by atoms with Crippen LogP contribution in [0.15, 0.2) is 5.16 Å². The molecule has 8 heavy (non-hydrogen) atoms. The minimum absolute atomic E-state index is 0.483. The summed E-state index contributed by atoms with van der Waals surface area (Å²) in [5.41, 5.74) is 0. The van der Waals surface area contributed by atoms with Crippen molar-refractivity contribution in [2.75, 3.05) is 6.61 Å². The minimum atomic E-state index is 0.483. The molecular formula is C5H9NO2. The maximum Gasteiger partial charge on any atom is 0.225 e. The Bertz CT molecular complexity index is 92.6. The van der Waals surface area contributed by atoms with Crippen molar-refractivity contribution in [3.05, 3.63) is 0 Å². The second-order valence-corrected chi connectivity index (χ2v) is 1.80. The van der Waals surface area contributed by atoms with Crippen LogP contribution in [0.1, 0.15) is 19.3 Å². The van der Waals surface area contributed by atoms with Crippen LogP contribution in [0.3, 0.4) is 0 Å². The van der Waals surface area contributed by atoms with Crippen LogP contribution in [0.2, 0.25) is 0 Å². The van der Waals surface area contributed by atoms with Crippen molar-refractivity contribution in [1.82, 2.24) is 0 Å². The first-order chi connectivity index (χ1) is 3.93. The van der Waals surface area contributed by atoms with Gasteiger partial charge in [0, 0.05) is 6.42 Å². The number of oxime groups is 1. The van der Waals surface area contributed by atoms with E-state index >= 15 is 0 Å². The van der Waals surface area contributed by atoms with Crippen molar-refractivity contribution in [2.24, 2.45) is 5.16 Å². The highest BCUT2D eigenvalue weighted by atomic mass is 16.5. The van der Waals surface area contributed by atoms with Crippen LogP contribution in [-0.2, 0) is 4.74 Å². The second-order valence-electron chi connectivity index (χ2n) is 1.80. The molecule has 1 fully saturated rings. The van der Waals surface area contributed by atoms with Gasteiger partial charge in [0.15, 0.2) is 0 Å². The van der Waals surface area contributed by atoms with Gasteiger partial charge in [0.2, 0.25) is 5.90 Å². The maximum atomic E-state index is 8.15. The molecule has 0 amide bonds. The quantitative estimate of drug-likeness (QED) is 0.377. The summed E-state index contributed by atoms with van der Waals surface area (Å²) in [6.07, 6.45) is 2.95. The summed E-state index contributed by atoms with van der Waals surface area (Å²) in [5, 5.41) is 11.1. The third-order valence-corrected chi connectivity index (χ3v) is 1.17. The van der Waals surface area contributed by atoms with E-state index in [4.69, 9.17) is 9.94 Å². The van der Waals surface area contributed by atoms with Gasteiger partial charge in [-0.2, -0.15) is 0 Å². The van der Waals surface area contributed by atoms with Gasteiger partial charge in [-0.05, 0) is 12.8 Å². The highest BCUT2D eigenvalue weighted by Gasteiger charge is 2.06. The molecule has 1 heterocycles. The molecule has 1 rings (SSSR count). The SMILES string of the molecule is ON=C1CCCCO1. The average molecular weight is 115 g/mol. The van der Waals surface area contributed by atoms with Crippen molar-refractivity contribution in [2.45, 2.75) is 19.3 Å². The number of hydrogen-bond donors (Lipinski definition) is 1. The molecule has 0 atom stereocenters. The van der Waals surface area contributed by atoms with Crippen LogP contribution in [0.25, 0.3) is 0 Å². The van der Waals surface area contributed by atoms with Gasteiger partial charge in [-0.25, -0.2) is 0 Å². The Balaban J connectivity index is 2.33. The Hall–Kier alpha value is -0.730. The van der Waals surface area contributed by atoms with Gasteiger partial charge in [-0.3, -0.25) is 0 Å². The van der Waals surface area contributed by atoms with Gasteiger partial charge < -0.3 is 9.94 Å².